The Kier molecular flexibility index (Phi) is 4.36. The predicted octanol–water partition coefficient (Wildman–Crippen LogP) is 9.99. The van der Waals surface area contributed by atoms with Crippen LogP contribution in [0.4, 0.5) is 0 Å². The normalized spacial score (nSPS) is 11.7. The van der Waals surface area contributed by atoms with Crippen LogP contribution >= 0.6 is 15.9 Å². The minimum absolute atomic E-state index is 0.910. The largest absolute Gasteiger partial charge is 0.455 e. The number of furan rings is 1. The van der Waals surface area contributed by atoms with E-state index in [1.165, 1.54) is 32.7 Å². The first kappa shape index (κ1) is 19.6. The molecule has 34 heavy (non-hydrogen) atoms. The molecule has 7 rings (SSSR count). The third kappa shape index (κ3) is 2.79. The first-order chi connectivity index (χ1) is 16.8. The van der Waals surface area contributed by atoms with Crippen LogP contribution in [0.1, 0.15) is 0 Å². The van der Waals surface area contributed by atoms with Crippen molar-refractivity contribution in [3.8, 4) is 22.3 Å². The molecule has 0 radical (unpaired) electrons. The van der Waals surface area contributed by atoms with Gasteiger partial charge in [0.15, 0.2) is 0 Å². The van der Waals surface area contributed by atoms with E-state index in [4.69, 9.17) is 4.42 Å². The van der Waals surface area contributed by atoms with Crippen LogP contribution in [0, 0.1) is 0 Å². The van der Waals surface area contributed by atoms with Gasteiger partial charge in [-0.15, -0.1) is 0 Å². The molecule has 7 aromatic rings. The van der Waals surface area contributed by atoms with Crippen LogP contribution < -0.4 is 0 Å². The molecule has 1 heterocycles. The van der Waals surface area contributed by atoms with Gasteiger partial charge in [-0.2, -0.15) is 0 Å². The van der Waals surface area contributed by atoms with E-state index in [0.29, 0.717) is 0 Å². The fraction of sp³-hybridized carbons (Fsp3) is 0. The predicted molar refractivity (Wildman–Crippen MR) is 147 cm³/mol. The monoisotopic (exact) mass is 498 g/mol. The van der Waals surface area contributed by atoms with E-state index < -0.39 is 0 Å². The molecule has 2 heteroatoms. The molecule has 0 atom stereocenters. The van der Waals surface area contributed by atoms with Gasteiger partial charge < -0.3 is 4.42 Å². The summed E-state index contributed by atoms with van der Waals surface area (Å²) in [5.74, 6) is 0. The Labute approximate surface area is 205 Å². The number of para-hydroxylation sites is 1. The zero-order valence-corrected chi connectivity index (χ0v) is 19.8. The number of rotatable bonds is 2. The van der Waals surface area contributed by atoms with Crippen molar-refractivity contribution in [1.29, 1.82) is 0 Å². The van der Waals surface area contributed by atoms with Gasteiger partial charge in [0, 0.05) is 20.8 Å². The van der Waals surface area contributed by atoms with Crippen molar-refractivity contribution in [2.24, 2.45) is 0 Å². The maximum Gasteiger partial charge on any atom is 0.143 e. The minimum atomic E-state index is 0.910. The fourth-order valence-corrected chi connectivity index (χ4v) is 5.94. The third-order valence-corrected chi connectivity index (χ3v) is 7.60. The third-order valence-electron chi connectivity index (χ3n) is 6.75. The highest BCUT2D eigenvalue weighted by Crippen LogP contribution is 2.47. The van der Waals surface area contributed by atoms with Crippen molar-refractivity contribution in [2.75, 3.05) is 0 Å². The van der Waals surface area contributed by atoms with Crippen molar-refractivity contribution < 1.29 is 4.42 Å². The van der Waals surface area contributed by atoms with Crippen LogP contribution in [0.25, 0.3) is 65.7 Å². The fourth-order valence-electron chi connectivity index (χ4n) is 5.25. The Morgan fingerprint density at radius 2 is 1.00 bits per heavy atom. The molecule has 0 bridgehead atoms. The molecule has 1 aromatic heterocycles. The summed E-state index contributed by atoms with van der Waals surface area (Å²) >= 11 is 3.89. The molecule has 160 valence electrons. The maximum absolute atomic E-state index is 6.54. The number of halogens is 1. The van der Waals surface area contributed by atoms with E-state index >= 15 is 0 Å². The van der Waals surface area contributed by atoms with Gasteiger partial charge in [-0.1, -0.05) is 103 Å². The summed E-state index contributed by atoms with van der Waals surface area (Å²) in [6.45, 7) is 0. The van der Waals surface area contributed by atoms with Crippen molar-refractivity contribution >= 4 is 59.4 Å². The summed E-state index contributed by atoms with van der Waals surface area (Å²) in [6, 6.07) is 40.6. The second-order valence-corrected chi connectivity index (χ2v) is 9.40. The van der Waals surface area contributed by atoms with Gasteiger partial charge >= 0.3 is 0 Å². The second kappa shape index (κ2) is 7.58. The summed E-state index contributed by atoms with van der Waals surface area (Å²) in [7, 11) is 0. The molecule has 0 saturated heterocycles. The highest BCUT2D eigenvalue weighted by molar-refractivity contribution is 9.10. The Morgan fingerprint density at radius 3 is 1.68 bits per heavy atom. The molecular weight excluding hydrogens is 480 g/mol. The first-order valence-electron chi connectivity index (χ1n) is 11.4. The van der Waals surface area contributed by atoms with E-state index in [-0.39, 0.29) is 0 Å². The van der Waals surface area contributed by atoms with Gasteiger partial charge in [-0.25, -0.2) is 0 Å². The van der Waals surface area contributed by atoms with E-state index in [1.807, 2.05) is 12.1 Å². The number of hydrogen-bond acceptors (Lipinski definition) is 1. The lowest BCUT2D eigenvalue weighted by Crippen LogP contribution is -1.89. The molecule has 0 amide bonds. The molecule has 0 unspecified atom stereocenters. The van der Waals surface area contributed by atoms with Crippen LogP contribution in [-0.2, 0) is 0 Å². The first-order valence-corrected chi connectivity index (χ1v) is 12.2. The molecule has 0 N–H and O–H groups in total. The lowest BCUT2D eigenvalue weighted by molar-refractivity contribution is 0.670. The zero-order valence-electron chi connectivity index (χ0n) is 18.3. The van der Waals surface area contributed by atoms with Gasteiger partial charge in [-0.05, 0) is 66.3 Å². The van der Waals surface area contributed by atoms with Crippen LogP contribution in [0.5, 0.6) is 0 Å². The standard InChI is InChI=1S/C32H19BrO/c33-31-24-14-6-4-12-22(24)29(23-13-5-7-15-25(23)31)27-19-18-21(20-10-2-1-3-11-20)32-30(27)26-16-8-9-17-28(26)34-32/h1-19H. The van der Waals surface area contributed by atoms with Crippen molar-refractivity contribution in [1.82, 2.24) is 0 Å². The highest BCUT2D eigenvalue weighted by atomic mass is 79.9. The molecule has 0 fully saturated rings. The minimum Gasteiger partial charge on any atom is -0.455 e. The molecule has 0 aliphatic heterocycles. The smallest absolute Gasteiger partial charge is 0.143 e. The van der Waals surface area contributed by atoms with Crippen molar-refractivity contribution in [2.45, 2.75) is 0 Å². The summed E-state index contributed by atoms with van der Waals surface area (Å²) in [4.78, 5) is 0. The van der Waals surface area contributed by atoms with Crippen molar-refractivity contribution in [3.05, 3.63) is 120 Å². The summed E-state index contributed by atoms with van der Waals surface area (Å²) in [5, 5.41) is 7.18. The van der Waals surface area contributed by atoms with Crippen LogP contribution in [0.15, 0.2) is 124 Å². The average molecular weight is 499 g/mol. The quantitative estimate of drug-likeness (QED) is 0.216. The summed E-state index contributed by atoms with van der Waals surface area (Å²) in [5.41, 5.74) is 6.55. The average Bonchev–Trinajstić information content (AvgIpc) is 3.29. The number of benzene rings is 6. The number of hydrogen-bond donors (Lipinski definition) is 0. The molecule has 0 saturated carbocycles. The highest BCUT2D eigenvalue weighted by Gasteiger charge is 2.20. The summed E-state index contributed by atoms with van der Waals surface area (Å²) < 4.78 is 7.67. The molecular formula is C32H19BrO. The maximum atomic E-state index is 6.54. The van der Waals surface area contributed by atoms with Gasteiger partial charge in [0.1, 0.15) is 11.2 Å². The lowest BCUT2D eigenvalue weighted by Gasteiger charge is -2.16. The molecule has 6 aromatic carbocycles. The Balaban J connectivity index is 1.70. The van der Waals surface area contributed by atoms with E-state index in [1.54, 1.807) is 0 Å². The lowest BCUT2D eigenvalue weighted by atomic mass is 9.88. The molecule has 1 nitrogen and oxygen atoms in total. The van der Waals surface area contributed by atoms with E-state index in [9.17, 15) is 0 Å². The van der Waals surface area contributed by atoms with Crippen LogP contribution in [0.2, 0.25) is 0 Å². The van der Waals surface area contributed by atoms with E-state index in [0.717, 1.165) is 37.5 Å². The van der Waals surface area contributed by atoms with Gasteiger partial charge in [0.2, 0.25) is 0 Å². The Bertz CT molecular complexity index is 1800. The second-order valence-electron chi connectivity index (χ2n) is 8.61. The van der Waals surface area contributed by atoms with Gasteiger partial charge in [0.25, 0.3) is 0 Å². The van der Waals surface area contributed by atoms with Gasteiger partial charge in [0.05, 0.1) is 0 Å². The van der Waals surface area contributed by atoms with Crippen LogP contribution in [0.3, 0.4) is 0 Å². The van der Waals surface area contributed by atoms with Crippen LogP contribution in [-0.4, -0.2) is 0 Å². The topological polar surface area (TPSA) is 13.1 Å². The Hall–Kier alpha value is -3.88. The SMILES string of the molecule is Brc1c2ccccc2c(-c2ccc(-c3ccccc3)c3oc4ccccc4c23)c2ccccc12. The summed E-state index contributed by atoms with van der Waals surface area (Å²) in [6.07, 6.45) is 0. The van der Waals surface area contributed by atoms with Gasteiger partial charge in [-0.3, -0.25) is 0 Å². The molecule has 0 aliphatic carbocycles. The number of fused-ring (bicyclic) bond motifs is 5. The molecule has 0 aliphatic rings. The Morgan fingerprint density at radius 1 is 0.471 bits per heavy atom. The molecule has 0 spiro atoms. The van der Waals surface area contributed by atoms with Crippen molar-refractivity contribution in [3.63, 3.8) is 0 Å². The van der Waals surface area contributed by atoms with E-state index in [2.05, 4.69) is 119 Å². The zero-order chi connectivity index (χ0) is 22.6.